The Balaban J connectivity index is 1.85. The summed E-state index contributed by atoms with van der Waals surface area (Å²) in [4.78, 5) is 25.7. The maximum atomic E-state index is 13.8. The van der Waals surface area contributed by atoms with Crippen molar-refractivity contribution in [3.05, 3.63) is 34.6 Å². The van der Waals surface area contributed by atoms with Gasteiger partial charge in [-0.3, -0.25) is 4.79 Å². The molecule has 5 nitrogen and oxygen atoms in total. The molecule has 2 rings (SSSR count). The minimum absolute atomic E-state index is 0.0854. The predicted octanol–water partition coefficient (Wildman–Crippen LogP) is 3.47. The minimum Gasteiger partial charge on any atom is -0.449 e. The first-order chi connectivity index (χ1) is 11.4. The van der Waals surface area contributed by atoms with Crippen LogP contribution in [0, 0.1) is 11.7 Å². The Morgan fingerprint density at radius 2 is 2.04 bits per heavy atom. The summed E-state index contributed by atoms with van der Waals surface area (Å²) in [7, 11) is 0. The van der Waals surface area contributed by atoms with Gasteiger partial charge in [-0.1, -0.05) is 31.5 Å². The molecule has 7 heteroatoms. The van der Waals surface area contributed by atoms with Crippen LogP contribution in [0.5, 0.6) is 0 Å². The Bertz CT molecular complexity index is 581. The van der Waals surface area contributed by atoms with Gasteiger partial charge in [0.2, 0.25) is 0 Å². The van der Waals surface area contributed by atoms with Gasteiger partial charge < -0.3 is 15.0 Å². The van der Waals surface area contributed by atoms with Crippen molar-refractivity contribution in [1.29, 1.82) is 0 Å². The van der Waals surface area contributed by atoms with E-state index in [1.807, 2.05) is 13.8 Å². The summed E-state index contributed by atoms with van der Waals surface area (Å²) in [5, 5.41) is 2.87. The van der Waals surface area contributed by atoms with Gasteiger partial charge >= 0.3 is 6.09 Å². The topological polar surface area (TPSA) is 58.6 Å². The molecule has 0 bridgehead atoms. The summed E-state index contributed by atoms with van der Waals surface area (Å²) in [6.45, 7) is 5.33. The molecular weight excluding hydrogens is 335 g/mol. The molecule has 1 heterocycles. The van der Waals surface area contributed by atoms with Crippen LogP contribution in [0.1, 0.15) is 37.0 Å². The van der Waals surface area contributed by atoms with Gasteiger partial charge in [-0.05, 0) is 30.9 Å². The zero-order valence-corrected chi connectivity index (χ0v) is 14.6. The van der Waals surface area contributed by atoms with E-state index in [1.54, 1.807) is 4.90 Å². The molecule has 1 fully saturated rings. The Labute approximate surface area is 146 Å². The van der Waals surface area contributed by atoms with E-state index >= 15 is 0 Å². The van der Waals surface area contributed by atoms with Crippen molar-refractivity contribution < 1.29 is 18.7 Å². The molecule has 0 spiro atoms. The fraction of sp³-hybridized carbons (Fsp3) is 0.529. The molecule has 0 unspecified atom stereocenters. The van der Waals surface area contributed by atoms with Gasteiger partial charge in [-0.2, -0.15) is 0 Å². The SMILES string of the molecule is CC(C)COC(=O)N1CCC(NC(=O)c2c(F)cccc2Cl)CC1. The molecule has 0 aliphatic carbocycles. The van der Waals surface area contributed by atoms with E-state index < -0.39 is 11.7 Å². The van der Waals surface area contributed by atoms with E-state index in [9.17, 15) is 14.0 Å². The summed E-state index contributed by atoms with van der Waals surface area (Å²) in [5.41, 5.74) is -0.141. The summed E-state index contributed by atoms with van der Waals surface area (Å²) in [6.07, 6.45) is 0.856. The standard InChI is InChI=1S/C17H22ClFN2O3/c1-11(2)10-24-17(23)21-8-6-12(7-9-21)20-16(22)15-13(18)4-3-5-14(15)19/h3-5,11-12H,6-10H2,1-2H3,(H,20,22). The fourth-order valence-corrected chi connectivity index (χ4v) is 2.76. The molecule has 0 atom stereocenters. The molecule has 0 radical (unpaired) electrons. The van der Waals surface area contributed by atoms with E-state index in [-0.39, 0.29) is 28.6 Å². The highest BCUT2D eigenvalue weighted by Crippen LogP contribution is 2.20. The molecule has 1 aliphatic rings. The number of halogens is 2. The van der Waals surface area contributed by atoms with Crippen molar-refractivity contribution in [3.63, 3.8) is 0 Å². The third kappa shape index (κ3) is 4.84. The summed E-state index contributed by atoms with van der Waals surface area (Å²) < 4.78 is 19.0. The quantitative estimate of drug-likeness (QED) is 0.898. The molecule has 1 aromatic carbocycles. The van der Waals surface area contributed by atoms with Gasteiger partial charge in [0.05, 0.1) is 17.2 Å². The van der Waals surface area contributed by atoms with Crippen LogP contribution in [0.4, 0.5) is 9.18 Å². The molecule has 0 aromatic heterocycles. The van der Waals surface area contributed by atoms with Crippen molar-refractivity contribution in [3.8, 4) is 0 Å². The molecular formula is C17H22ClFN2O3. The number of likely N-dealkylation sites (tertiary alicyclic amines) is 1. The number of ether oxygens (including phenoxy) is 1. The maximum Gasteiger partial charge on any atom is 0.409 e. The van der Waals surface area contributed by atoms with Crippen LogP contribution in [0.2, 0.25) is 5.02 Å². The number of carbonyl (C=O) groups excluding carboxylic acids is 2. The Kier molecular flexibility index (Phi) is 6.43. The van der Waals surface area contributed by atoms with Crippen molar-refractivity contribution in [2.75, 3.05) is 19.7 Å². The maximum absolute atomic E-state index is 13.8. The smallest absolute Gasteiger partial charge is 0.409 e. The molecule has 2 amide bonds. The number of hydrogen-bond acceptors (Lipinski definition) is 3. The van der Waals surface area contributed by atoms with Crippen LogP contribution in [0.15, 0.2) is 18.2 Å². The highest BCUT2D eigenvalue weighted by atomic mass is 35.5. The van der Waals surface area contributed by atoms with E-state index in [0.29, 0.717) is 32.5 Å². The molecule has 24 heavy (non-hydrogen) atoms. The number of carbonyl (C=O) groups is 2. The average Bonchev–Trinajstić information content (AvgIpc) is 2.53. The number of hydrogen-bond donors (Lipinski definition) is 1. The van der Waals surface area contributed by atoms with Gasteiger partial charge in [0, 0.05) is 19.1 Å². The molecule has 1 N–H and O–H groups in total. The average molecular weight is 357 g/mol. The third-order valence-corrected chi connectivity index (χ3v) is 4.13. The first-order valence-corrected chi connectivity index (χ1v) is 8.43. The number of nitrogens with one attached hydrogen (secondary N) is 1. The lowest BCUT2D eigenvalue weighted by Gasteiger charge is -2.32. The normalized spacial score (nSPS) is 15.5. The first-order valence-electron chi connectivity index (χ1n) is 8.05. The zero-order chi connectivity index (χ0) is 17.7. The molecule has 1 aliphatic heterocycles. The van der Waals surface area contributed by atoms with Crippen LogP contribution >= 0.6 is 11.6 Å². The van der Waals surface area contributed by atoms with Crippen LogP contribution in [-0.4, -0.2) is 42.6 Å². The van der Waals surface area contributed by atoms with E-state index in [1.165, 1.54) is 18.2 Å². The molecule has 1 aromatic rings. The largest absolute Gasteiger partial charge is 0.449 e. The fourth-order valence-electron chi connectivity index (χ4n) is 2.51. The van der Waals surface area contributed by atoms with Gasteiger partial charge in [0.15, 0.2) is 0 Å². The van der Waals surface area contributed by atoms with E-state index in [4.69, 9.17) is 16.3 Å². The number of amides is 2. The van der Waals surface area contributed by atoms with Crippen LogP contribution in [0.25, 0.3) is 0 Å². The number of benzene rings is 1. The van der Waals surface area contributed by atoms with Gasteiger partial charge in [0.1, 0.15) is 5.82 Å². The van der Waals surface area contributed by atoms with Gasteiger partial charge in [-0.25, -0.2) is 9.18 Å². The predicted molar refractivity (Wildman–Crippen MR) is 89.7 cm³/mol. The lowest BCUT2D eigenvalue weighted by Crippen LogP contribution is -2.47. The Morgan fingerprint density at radius 3 is 2.62 bits per heavy atom. The second-order valence-electron chi connectivity index (χ2n) is 6.30. The second kappa shape index (κ2) is 8.33. The van der Waals surface area contributed by atoms with E-state index in [0.717, 1.165) is 0 Å². The molecule has 0 saturated carbocycles. The second-order valence-corrected chi connectivity index (χ2v) is 6.71. The van der Waals surface area contributed by atoms with Crippen LogP contribution in [-0.2, 0) is 4.74 Å². The highest BCUT2D eigenvalue weighted by Gasteiger charge is 2.26. The first kappa shape index (κ1) is 18.5. The number of rotatable bonds is 4. The number of piperidine rings is 1. The van der Waals surface area contributed by atoms with Gasteiger partial charge in [0.25, 0.3) is 5.91 Å². The number of nitrogens with zero attached hydrogens (tertiary/aromatic N) is 1. The van der Waals surface area contributed by atoms with Crippen molar-refractivity contribution in [2.45, 2.75) is 32.7 Å². The Morgan fingerprint density at radius 1 is 1.38 bits per heavy atom. The third-order valence-electron chi connectivity index (χ3n) is 3.82. The monoisotopic (exact) mass is 356 g/mol. The zero-order valence-electron chi connectivity index (χ0n) is 13.9. The lowest BCUT2D eigenvalue weighted by atomic mass is 10.0. The highest BCUT2D eigenvalue weighted by molar-refractivity contribution is 6.33. The van der Waals surface area contributed by atoms with Crippen molar-refractivity contribution >= 4 is 23.6 Å². The van der Waals surface area contributed by atoms with Gasteiger partial charge in [-0.15, -0.1) is 0 Å². The minimum atomic E-state index is -0.644. The van der Waals surface area contributed by atoms with Crippen molar-refractivity contribution in [2.24, 2.45) is 5.92 Å². The van der Waals surface area contributed by atoms with Crippen molar-refractivity contribution in [1.82, 2.24) is 10.2 Å². The molecule has 1 saturated heterocycles. The van der Waals surface area contributed by atoms with E-state index in [2.05, 4.69) is 5.32 Å². The summed E-state index contributed by atoms with van der Waals surface area (Å²) in [5.74, 6) is -0.884. The summed E-state index contributed by atoms with van der Waals surface area (Å²) >= 11 is 5.90. The lowest BCUT2D eigenvalue weighted by molar-refractivity contribution is 0.0784. The van der Waals surface area contributed by atoms with Crippen LogP contribution < -0.4 is 5.32 Å². The summed E-state index contributed by atoms with van der Waals surface area (Å²) in [6, 6.07) is 4.01. The van der Waals surface area contributed by atoms with Crippen LogP contribution in [0.3, 0.4) is 0 Å². The Hall–Kier alpha value is -1.82. The molecule has 132 valence electrons.